The number of hydrogen-bond donors (Lipinski definition) is 1. The zero-order valence-corrected chi connectivity index (χ0v) is 13.2. The van der Waals surface area contributed by atoms with E-state index in [1.165, 1.54) is 5.56 Å². The number of fused-ring (bicyclic) bond motifs is 1. The summed E-state index contributed by atoms with van der Waals surface area (Å²) in [7, 11) is 0. The first kappa shape index (κ1) is 14.7. The van der Waals surface area contributed by atoms with E-state index in [0.29, 0.717) is 16.5 Å². The second kappa shape index (κ2) is 5.85. The summed E-state index contributed by atoms with van der Waals surface area (Å²) < 4.78 is 5.72. The molecule has 3 nitrogen and oxygen atoms in total. The predicted octanol–water partition coefficient (Wildman–Crippen LogP) is 5.21. The summed E-state index contributed by atoms with van der Waals surface area (Å²) in [6, 6.07) is 13.0. The molecule has 0 atom stereocenters. The third-order valence-electron chi connectivity index (χ3n) is 3.72. The molecule has 2 aromatic carbocycles. The summed E-state index contributed by atoms with van der Waals surface area (Å²) in [5, 5.41) is 4.44. The Kier molecular flexibility index (Phi) is 3.90. The van der Waals surface area contributed by atoms with Gasteiger partial charge in [0.15, 0.2) is 5.76 Å². The summed E-state index contributed by atoms with van der Waals surface area (Å²) in [5.74, 6) is 0.0901. The molecule has 0 radical (unpaired) electrons. The highest BCUT2D eigenvalue weighted by Crippen LogP contribution is 2.27. The van der Waals surface area contributed by atoms with Gasteiger partial charge in [0.05, 0.1) is 0 Å². The fourth-order valence-electron chi connectivity index (χ4n) is 2.43. The Morgan fingerprint density at radius 3 is 2.59 bits per heavy atom. The Labute approximate surface area is 133 Å². The molecule has 0 unspecified atom stereocenters. The van der Waals surface area contributed by atoms with E-state index >= 15 is 0 Å². The van der Waals surface area contributed by atoms with E-state index in [9.17, 15) is 4.79 Å². The number of halogens is 1. The van der Waals surface area contributed by atoms with Crippen LogP contribution in [0.3, 0.4) is 0 Å². The van der Waals surface area contributed by atoms with Crippen LogP contribution in [0.25, 0.3) is 11.0 Å². The van der Waals surface area contributed by atoms with E-state index in [-0.39, 0.29) is 5.91 Å². The van der Waals surface area contributed by atoms with Gasteiger partial charge in [-0.1, -0.05) is 24.6 Å². The Bertz CT molecular complexity index is 834. The van der Waals surface area contributed by atoms with Gasteiger partial charge in [-0.05, 0) is 55.3 Å². The fourth-order valence-corrected chi connectivity index (χ4v) is 2.55. The van der Waals surface area contributed by atoms with E-state index in [1.54, 1.807) is 24.3 Å². The molecular weight excluding hydrogens is 298 g/mol. The van der Waals surface area contributed by atoms with Crippen LogP contribution in [0.2, 0.25) is 5.02 Å². The third kappa shape index (κ3) is 2.72. The molecule has 112 valence electrons. The lowest BCUT2D eigenvalue weighted by molar-refractivity contribution is 0.0998. The van der Waals surface area contributed by atoms with Gasteiger partial charge in [0, 0.05) is 21.7 Å². The van der Waals surface area contributed by atoms with Gasteiger partial charge in [-0.15, -0.1) is 0 Å². The average molecular weight is 314 g/mol. The van der Waals surface area contributed by atoms with Crippen molar-refractivity contribution in [1.29, 1.82) is 0 Å². The highest BCUT2D eigenvalue weighted by molar-refractivity contribution is 6.30. The average Bonchev–Trinajstić information content (AvgIpc) is 2.86. The lowest BCUT2D eigenvalue weighted by Crippen LogP contribution is -2.11. The number of carbonyl (C=O) groups excluding carboxylic acids is 1. The predicted molar refractivity (Wildman–Crippen MR) is 89.7 cm³/mol. The van der Waals surface area contributed by atoms with Crippen LogP contribution in [0, 0.1) is 6.92 Å². The Morgan fingerprint density at radius 1 is 1.18 bits per heavy atom. The van der Waals surface area contributed by atoms with Crippen LogP contribution in [0.5, 0.6) is 0 Å². The molecule has 0 fully saturated rings. The van der Waals surface area contributed by atoms with Crippen molar-refractivity contribution >= 4 is 34.2 Å². The summed E-state index contributed by atoms with van der Waals surface area (Å²) in [5.41, 5.74) is 3.50. The van der Waals surface area contributed by atoms with Crippen molar-refractivity contribution in [2.45, 2.75) is 20.3 Å². The van der Waals surface area contributed by atoms with Crippen molar-refractivity contribution in [2.75, 3.05) is 5.32 Å². The zero-order chi connectivity index (χ0) is 15.7. The second-order valence-corrected chi connectivity index (χ2v) is 5.64. The van der Waals surface area contributed by atoms with Crippen molar-refractivity contribution in [3.05, 3.63) is 64.4 Å². The van der Waals surface area contributed by atoms with Gasteiger partial charge in [-0.3, -0.25) is 4.79 Å². The number of hydrogen-bond acceptors (Lipinski definition) is 2. The fraction of sp³-hybridized carbons (Fsp3) is 0.167. The maximum absolute atomic E-state index is 12.4. The Morgan fingerprint density at radius 2 is 1.91 bits per heavy atom. The van der Waals surface area contributed by atoms with Gasteiger partial charge in [0.2, 0.25) is 0 Å². The highest BCUT2D eigenvalue weighted by Gasteiger charge is 2.18. The van der Waals surface area contributed by atoms with Crippen LogP contribution >= 0.6 is 11.6 Å². The monoisotopic (exact) mass is 313 g/mol. The number of aryl methyl sites for hydroxylation is 2. The van der Waals surface area contributed by atoms with E-state index in [0.717, 1.165) is 23.0 Å². The van der Waals surface area contributed by atoms with Crippen molar-refractivity contribution in [1.82, 2.24) is 0 Å². The standard InChI is InChI=1S/C18H16ClNO2/c1-3-12-4-9-16-15(10-12)11(2)17(22-16)18(21)20-14-7-5-13(19)6-8-14/h4-10H,3H2,1-2H3,(H,20,21). The molecule has 3 aromatic rings. The second-order valence-electron chi connectivity index (χ2n) is 5.20. The lowest BCUT2D eigenvalue weighted by Gasteiger charge is -2.03. The first-order chi connectivity index (χ1) is 10.6. The smallest absolute Gasteiger partial charge is 0.291 e. The molecular formula is C18H16ClNO2. The molecule has 0 spiro atoms. The quantitative estimate of drug-likeness (QED) is 0.721. The molecule has 1 amide bonds. The van der Waals surface area contributed by atoms with Crippen molar-refractivity contribution in [2.24, 2.45) is 0 Å². The largest absolute Gasteiger partial charge is 0.451 e. The summed E-state index contributed by atoms with van der Waals surface area (Å²) in [4.78, 5) is 12.4. The molecule has 22 heavy (non-hydrogen) atoms. The van der Waals surface area contributed by atoms with Gasteiger partial charge in [0.25, 0.3) is 5.91 Å². The zero-order valence-electron chi connectivity index (χ0n) is 12.4. The van der Waals surface area contributed by atoms with Crippen LogP contribution < -0.4 is 5.32 Å². The molecule has 1 N–H and O–H groups in total. The molecule has 0 saturated carbocycles. The molecule has 0 aliphatic carbocycles. The Balaban J connectivity index is 1.93. The van der Waals surface area contributed by atoms with Crippen molar-refractivity contribution < 1.29 is 9.21 Å². The SMILES string of the molecule is CCc1ccc2oc(C(=O)Nc3ccc(Cl)cc3)c(C)c2c1. The van der Waals surface area contributed by atoms with E-state index in [4.69, 9.17) is 16.0 Å². The molecule has 4 heteroatoms. The summed E-state index contributed by atoms with van der Waals surface area (Å²) in [6.45, 7) is 4.01. The Hall–Kier alpha value is -2.26. The van der Waals surface area contributed by atoms with E-state index in [1.807, 2.05) is 19.1 Å². The number of nitrogens with one attached hydrogen (secondary N) is 1. The minimum atomic E-state index is -0.255. The number of anilines is 1. The maximum Gasteiger partial charge on any atom is 0.291 e. The van der Waals surface area contributed by atoms with Crippen molar-refractivity contribution in [3.8, 4) is 0 Å². The lowest BCUT2D eigenvalue weighted by atomic mass is 10.1. The van der Waals surface area contributed by atoms with E-state index in [2.05, 4.69) is 18.3 Å². The topological polar surface area (TPSA) is 42.2 Å². The number of furan rings is 1. The van der Waals surface area contributed by atoms with Crippen LogP contribution in [-0.2, 0) is 6.42 Å². The van der Waals surface area contributed by atoms with Crippen LogP contribution in [0.1, 0.15) is 28.6 Å². The summed E-state index contributed by atoms with van der Waals surface area (Å²) >= 11 is 5.84. The molecule has 1 aromatic heterocycles. The minimum Gasteiger partial charge on any atom is -0.451 e. The first-order valence-corrected chi connectivity index (χ1v) is 7.55. The van der Waals surface area contributed by atoms with Gasteiger partial charge >= 0.3 is 0 Å². The van der Waals surface area contributed by atoms with Gasteiger partial charge < -0.3 is 9.73 Å². The molecule has 0 bridgehead atoms. The van der Waals surface area contributed by atoms with Gasteiger partial charge in [0.1, 0.15) is 5.58 Å². The molecule has 0 saturated heterocycles. The van der Waals surface area contributed by atoms with Crippen LogP contribution in [0.15, 0.2) is 46.9 Å². The van der Waals surface area contributed by atoms with Gasteiger partial charge in [-0.2, -0.15) is 0 Å². The minimum absolute atomic E-state index is 0.255. The first-order valence-electron chi connectivity index (χ1n) is 7.17. The molecule has 0 aliphatic heterocycles. The summed E-state index contributed by atoms with van der Waals surface area (Å²) in [6.07, 6.45) is 0.951. The van der Waals surface area contributed by atoms with Crippen LogP contribution in [-0.4, -0.2) is 5.91 Å². The van der Waals surface area contributed by atoms with Crippen LogP contribution in [0.4, 0.5) is 5.69 Å². The van der Waals surface area contributed by atoms with E-state index < -0.39 is 0 Å². The molecule has 0 aliphatic rings. The number of amides is 1. The number of rotatable bonds is 3. The number of benzene rings is 2. The third-order valence-corrected chi connectivity index (χ3v) is 3.97. The highest BCUT2D eigenvalue weighted by atomic mass is 35.5. The molecule has 1 heterocycles. The number of carbonyl (C=O) groups is 1. The van der Waals surface area contributed by atoms with Gasteiger partial charge in [-0.25, -0.2) is 0 Å². The normalized spacial score (nSPS) is 10.9. The maximum atomic E-state index is 12.4. The van der Waals surface area contributed by atoms with Crippen molar-refractivity contribution in [3.63, 3.8) is 0 Å². The molecule has 3 rings (SSSR count).